The molecule has 168 valence electrons. The second-order valence-electron chi connectivity index (χ2n) is 10.6. The number of carbonyl (C=O) groups excluding carboxylic acids is 2. The normalized spacial score (nSPS) is 33.9. The second kappa shape index (κ2) is 8.81. The van der Waals surface area contributed by atoms with Gasteiger partial charge in [-0.15, -0.1) is 0 Å². The van der Waals surface area contributed by atoms with Crippen LogP contribution < -0.4 is 16.0 Å². The number of likely N-dealkylation sites (tertiary alicyclic amines) is 1. The van der Waals surface area contributed by atoms with Crippen LogP contribution in [0, 0.1) is 17.8 Å². The Kier molecular flexibility index (Phi) is 5.91. The monoisotopic (exact) mass is 424 g/mol. The first kappa shape index (κ1) is 20.8. The van der Waals surface area contributed by atoms with Crippen LogP contribution in [0.25, 0.3) is 0 Å². The summed E-state index contributed by atoms with van der Waals surface area (Å²) in [5, 5.41) is 9.39. The smallest absolute Gasteiger partial charge is 0.315 e. The van der Waals surface area contributed by atoms with Crippen molar-refractivity contribution in [1.82, 2.24) is 20.9 Å². The summed E-state index contributed by atoms with van der Waals surface area (Å²) in [5.74, 6) is 2.46. The quantitative estimate of drug-likeness (QED) is 0.630. The average Bonchev–Trinajstić information content (AvgIpc) is 3.14. The molecule has 4 aliphatic carbocycles. The molecule has 0 spiro atoms. The molecule has 1 unspecified atom stereocenters. The summed E-state index contributed by atoms with van der Waals surface area (Å²) in [6, 6.07) is 10.6. The Hall–Kier alpha value is -2.08. The second-order valence-corrected chi connectivity index (χ2v) is 10.6. The molecule has 1 atom stereocenters. The highest BCUT2D eigenvalue weighted by molar-refractivity contribution is 5.78. The standard InChI is InChI=1S/C25H36N4O2/c30-23(27-22-7-9-29(17-22)16-18-4-2-1-3-5-18)6-8-26-24(31)28-25-13-19-10-20(14-25)12-21(11-19)15-25/h1-5,19-22H,6-17H2,(H,27,30)(H2,26,28,31). The molecule has 6 rings (SSSR count). The Labute approximate surface area is 185 Å². The third kappa shape index (κ3) is 5.05. The van der Waals surface area contributed by atoms with E-state index >= 15 is 0 Å². The lowest BCUT2D eigenvalue weighted by Gasteiger charge is -2.56. The third-order valence-electron chi connectivity index (χ3n) is 7.94. The molecule has 4 bridgehead atoms. The summed E-state index contributed by atoms with van der Waals surface area (Å²) in [6.07, 6.45) is 8.87. The van der Waals surface area contributed by atoms with E-state index in [4.69, 9.17) is 0 Å². The molecular formula is C25H36N4O2. The average molecular weight is 425 g/mol. The maximum atomic E-state index is 12.5. The van der Waals surface area contributed by atoms with E-state index in [1.807, 2.05) is 6.07 Å². The molecule has 5 fully saturated rings. The highest BCUT2D eigenvalue weighted by Crippen LogP contribution is 2.55. The van der Waals surface area contributed by atoms with Crippen molar-refractivity contribution in [2.45, 2.75) is 69.5 Å². The molecule has 6 nitrogen and oxygen atoms in total. The zero-order valence-electron chi connectivity index (χ0n) is 18.4. The summed E-state index contributed by atoms with van der Waals surface area (Å²) in [6.45, 7) is 3.22. The number of hydrogen-bond donors (Lipinski definition) is 3. The lowest BCUT2D eigenvalue weighted by molar-refractivity contribution is -0.121. The first-order valence-electron chi connectivity index (χ1n) is 12.2. The van der Waals surface area contributed by atoms with Gasteiger partial charge < -0.3 is 16.0 Å². The molecular weight excluding hydrogens is 388 g/mol. The van der Waals surface area contributed by atoms with Gasteiger partial charge in [0.25, 0.3) is 0 Å². The maximum absolute atomic E-state index is 12.5. The van der Waals surface area contributed by atoms with E-state index in [0.29, 0.717) is 13.0 Å². The van der Waals surface area contributed by atoms with Crippen LogP contribution in [0.3, 0.4) is 0 Å². The van der Waals surface area contributed by atoms with Gasteiger partial charge in [0.05, 0.1) is 0 Å². The highest BCUT2D eigenvalue weighted by atomic mass is 16.2. The van der Waals surface area contributed by atoms with Gasteiger partial charge in [0, 0.05) is 44.2 Å². The number of benzene rings is 1. The van der Waals surface area contributed by atoms with Crippen LogP contribution >= 0.6 is 0 Å². The van der Waals surface area contributed by atoms with Crippen molar-refractivity contribution in [1.29, 1.82) is 0 Å². The van der Waals surface area contributed by atoms with Crippen LogP contribution in [0.15, 0.2) is 30.3 Å². The Bertz CT molecular complexity index is 761. The van der Waals surface area contributed by atoms with Crippen molar-refractivity contribution in [3.8, 4) is 0 Å². The Morgan fingerprint density at radius 1 is 1.00 bits per heavy atom. The zero-order chi connectivity index (χ0) is 21.3. The molecule has 1 aromatic rings. The summed E-state index contributed by atoms with van der Waals surface area (Å²) < 4.78 is 0. The Morgan fingerprint density at radius 3 is 2.35 bits per heavy atom. The minimum atomic E-state index is -0.0929. The fourth-order valence-electron chi connectivity index (χ4n) is 7.07. The predicted molar refractivity (Wildman–Crippen MR) is 120 cm³/mol. The molecule has 3 amide bonds. The van der Waals surface area contributed by atoms with E-state index in [1.54, 1.807) is 0 Å². The van der Waals surface area contributed by atoms with E-state index in [1.165, 1.54) is 24.8 Å². The van der Waals surface area contributed by atoms with Gasteiger partial charge in [-0.25, -0.2) is 4.79 Å². The van der Waals surface area contributed by atoms with Gasteiger partial charge >= 0.3 is 6.03 Å². The Morgan fingerprint density at radius 2 is 1.68 bits per heavy atom. The van der Waals surface area contributed by atoms with Gasteiger partial charge in [-0.2, -0.15) is 0 Å². The molecule has 1 aliphatic heterocycles. The van der Waals surface area contributed by atoms with Crippen molar-refractivity contribution >= 4 is 11.9 Å². The van der Waals surface area contributed by atoms with Crippen molar-refractivity contribution in [2.24, 2.45) is 17.8 Å². The minimum absolute atomic E-state index is 0.0210. The van der Waals surface area contributed by atoms with E-state index in [-0.39, 0.29) is 23.5 Å². The zero-order valence-corrected chi connectivity index (χ0v) is 18.4. The summed E-state index contributed by atoms with van der Waals surface area (Å²) in [4.78, 5) is 27.3. The van der Waals surface area contributed by atoms with Gasteiger partial charge in [0.15, 0.2) is 0 Å². The SMILES string of the molecule is O=C(CCNC(=O)NC12CC3CC(CC(C3)C1)C2)NC1CCN(Cc2ccccc2)C1. The first-order chi connectivity index (χ1) is 15.1. The fourth-order valence-corrected chi connectivity index (χ4v) is 7.07. The largest absolute Gasteiger partial charge is 0.352 e. The Balaban J connectivity index is 0.997. The van der Waals surface area contributed by atoms with Crippen LogP contribution in [0.4, 0.5) is 4.79 Å². The summed E-state index contributed by atoms with van der Waals surface area (Å²) in [5.41, 5.74) is 1.33. The van der Waals surface area contributed by atoms with E-state index in [2.05, 4.69) is 45.1 Å². The van der Waals surface area contributed by atoms with Crippen LogP contribution in [-0.2, 0) is 11.3 Å². The lowest BCUT2D eigenvalue weighted by atomic mass is 9.53. The van der Waals surface area contributed by atoms with Gasteiger partial charge in [-0.1, -0.05) is 30.3 Å². The van der Waals surface area contributed by atoms with Crippen LogP contribution in [0.2, 0.25) is 0 Å². The van der Waals surface area contributed by atoms with Crippen LogP contribution in [-0.4, -0.2) is 48.1 Å². The molecule has 0 aromatic heterocycles. The predicted octanol–water partition coefficient (Wildman–Crippen LogP) is 3.04. The highest BCUT2D eigenvalue weighted by Gasteiger charge is 2.51. The fraction of sp³-hybridized carbons (Fsp3) is 0.680. The minimum Gasteiger partial charge on any atom is -0.352 e. The molecule has 1 heterocycles. The van der Waals surface area contributed by atoms with Crippen molar-refractivity contribution in [3.05, 3.63) is 35.9 Å². The van der Waals surface area contributed by atoms with E-state index < -0.39 is 0 Å². The van der Waals surface area contributed by atoms with Crippen molar-refractivity contribution < 1.29 is 9.59 Å². The van der Waals surface area contributed by atoms with Crippen molar-refractivity contribution in [2.75, 3.05) is 19.6 Å². The molecule has 4 saturated carbocycles. The first-order valence-corrected chi connectivity index (χ1v) is 12.2. The number of hydrogen-bond acceptors (Lipinski definition) is 3. The molecule has 1 aromatic carbocycles. The van der Waals surface area contributed by atoms with E-state index in [9.17, 15) is 9.59 Å². The van der Waals surface area contributed by atoms with Crippen LogP contribution in [0.5, 0.6) is 0 Å². The van der Waals surface area contributed by atoms with Gasteiger partial charge in [-0.05, 0) is 68.3 Å². The molecule has 1 saturated heterocycles. The molecule has 0 radical (unpaired) electrons. The topological polar surface area (TPSA) is 73.5 Å². The lowest BCUT2D eigenvalue weighted by Crippen LogP contribution is -2.61. The van der Waals surface area contributed by atoms with Gasteiger partial charge in [-0.3, -0.25) is 9.69 Å². The number of nitrogens with zero attached hydrogens (tertiary/aromatic N) is 1. The number of rotatable bonds is 7. The van der Waals surface area contributed by atoms with Crippen LogP contribution in [0.1, 0.15) is 56.9 Å². The third-order valence-corrected chi connectivity index (χ3v) is 7.94. The summed E-state index contributed by atoms with van der Waals surface area (Å²) in [7, 11) is 0. The number of nitrogens with one attached hydrogen (secondary N) is 3. The molecule has 5 aliphatic rings. The maximum Gasteiger partial charge on any atom is 0.315 e. The van der Waals surface area contributed by atoms with Gasteiger partial charge in [0.1, 0.15) is 0 Å². The summed E-state index contributed by atoms with van der Waals surface area (Å²) >= 11 is 0. The number of amides is 3. The van der Waals surface area contributed by atoms with E-state index in [0.717, 1.165) is 63.1 Å². The van der Waals surface area contributed by atoms with Crippen molar-refractivity contribution in [3.63, 3.8) is 0 Å². The van der Waals surface area contributed by atoms with Gasteiger partial charge in [0.2, 0.25) is 5.91 Å². The number of urea groups is 1. The molecule has 3 N–H and O–H groups in total. The molecule has 6 heteroatoms. The number of carbonyl (C=O) groups is 2. The molecule has 31 heavy (non-hydrogen) atoms.